The van der Waals surface area contributed by atoms with Crippen LogP contribution in [0.1, 0.15) is 21.5 Å². The second kappa shape index (κ2) is 10.8. The van der Waals surface area contributed by atoms with E-state index < -0.39 is 0 Å². The molecule has 0 radical (unpaired) electrons. The zero-order valence-corrected chi connectivity index (χ0v) is 21.6. The van der Waals surface area contributed by atoms with Gasteiger partial charge >= 0.3 is 0 Å². The average molecular weight is 527 g/mol. The van der Waals surface area contributed by atoms with Crippen LogP contribution in [0.5, 0.6) is 0 Å². The lowest BCUT2D eigenvalue weighted by Crippen LogP contribution is -2.13. The van der Waals surface area contributed by atoms with Crippen molar-refractivity contribution in [2.75, 3.05) is 5.32 Å². The highest BCUT2D eigenvalue weighted by atomic mass is 35.5. The molecular weight excluding hydrogens is 504 g/mol. The van der Waals surface area contributed by atoms with Gasteiger partial charge in [0.15, 0.2) is 5.76 Å². The van der Waals surface area contributed by atoms with Gasteiger partial charge in [0.25, 0.3) is 5.91 Å². The minimum atomic E-state index is -0.222. The molecule has 0 saturated carbocycles. The third-order valence-electron chi connectivity index (χ3n) is 6.39. The molecule has 0 aliphatic rings. The summed E-state index contributed by atoms with van der Waals surface area (Å²) < 4.78 is 6.12. The summed E-state index contributed by atoms with van der Waals surface area (Å²) in [5.41, 5.74) is 5.46. The predicted octanol–water partition coefficient (Wildman–Crippen LogP) is 9.24. The molecule has 0 aliphatic carbocycles. The summed E-state index contributed by atoms with van der Waals surface area (Å²) in [6.07, 6.45) is 4.11. The molecule has 0 spiro atoms. The average Bonchev–Trinajstić information content (AvgIpc) is 3.47. The highest BCUT2D eigenvalue weighted by Gasteiger charge is 2.17. The second-order valence-corrected chi connectivity index (χ2v) is 9.44. The number of hydrogen-bond acceptors (Lipinski definition) is 3. The number of nitrogens with one attached hydrogen (secondary N) is 1. The van der Waals surface area contributed by atoms with Crippen molar-refractivity contribution in [3.05, 3.63) is 143 Å². The monoisotopic (exact) mass is 526 g/mol. The molecule has 0 unspecified atom stereocenters. The molecule has 0 bridgehead atoms. The first kappa shape index (κ1) is 24.4. The standard InChI is InChI=1S/C34H23ClN2O2/c35-29-12-6-4-11-27(29)32-20-21-33(39-32)31-22-28(26-10-5-7-13-30(26)37-31)34(38)36-25-18-16-24(17-19-25)15-14-23-8-2-1-3-9-23/h1-22H,(H,36,38)/b15-14+. The SMILES string of the molecule is O=C(Nc1ccc(/C=C/c2ccccc2)cc1)c1cc(-c2ccc(-c3ccccc3Cl)o2)nc2ccccc12. The van der Waals surface area contributed by atoms with Gasteiger partial charge in [0.2, 0.25) is 0 Å². The molecule has 2 aromatic heterocycles. The molecule has 5 heteroatoms. The number of amides is 1. The summed E-state index contributed by atoms with van der Waals surface area (Å²) in [6, 6.07) is 38.5. The fourth-order valence-corrected chi connectivity index (χ4v) is 4.63. The number of fused-ring (bicyclic) bond motifs is 1. The molecular formula is C34H23ClN2O2. The van der Waals surface area contributed by atoms with Crippen LogP contribution in [0.4, 0.5) is 5.69 Å². The Labute approximate surface area is 231 Å². The highest BCUT2D eigenvalue weighted by Crippen LogP contribution is 2.33. The van der Waals surface area contributed by atoms with Crippen molar-refractivity contribution in [3.8, 4) is 22.8 Å². The summed E-state index contributed by atoms with van der Waals surface area (Å²) in [7, 11) is 0. The van der Waals surface area contributed by atoms with Crippen molar-refractivity contribution in [2.24, 2.45) is 0 Å². The Balaban J connectivity index is 1.27. The lowest BCUT2D eigenvalue weighted by atomic mass is 10.1. The number of benzene rings is 4. The minimum absolute atomic E-state index is 0.222. The summed E-state index contributed by atoms with van der Waals surface area (Å²) in [6.45, 7) is 0. The Morgan fingerprint density at radius 2 is 1.38 bits per heavy atom. The van der Waals surface area contributed by atoms with Gasteiger partial charge in [-0.15, -0.1) is 0 Å². The van der Waals surface area contributed by atoms with Crippen LogP contribution in [0, 0.1) is 0 Å². The molecule has 0 saturated heterocycles. The van der Waals surface area contributed by atoms with Crippen LogP contribution in [0.25, 0.3) is 45.8 Å². The lowest BCUT2D eigenvalue weighted by molar-refractivity contribution is 0.102. The summed E-state index contributed by atoms with van der Waals surface area (Å²) in [5.74, 6) is 0.970. The Morgan fingerprint density at radius 1 is 0.718 bits per heavy atom. The fourth-order valence-electron chi connectivity index (χ4n) is 4.40. The molecule has 0 aliphatic heterocycles. The number of hydrogen-bond donors (Lipinski definition) is 1. The van der Waals surface area contributed by atoms with E-state index in [1.807, 2.05) is 109 Å². The van der Waals surface area contributed by atoms with Gasteiger partial charge in [-0.2, -0.15) is 0 Å². The zero-order valence-electron chi connectivity index (χ0n) is 20.8. The van der Waals surface area contributed by atoms with E-state index in [1.165, 1.54) is 0 Å². The number of nitrogens with zero attached hydrogens (tertiary/aromatic N) is 1. The van der Waals surface area contributed by atoms with Gasteiger partial charge in [-0.1, -0.05) is 96.5 Å². The number of carbonyl (C=O) groups excluding carboxylic acids is 1. The summed E-state index contributed by atoms with van der Waals surface area (Å²) in [5, 5.41) is 4.40. The van der Waals surface area contributed by atoms with Gasteiger partial charge in [-0.05, 0) is 59.7 Å². The maximum absolute atomic E-state index is 13.5. The summed E-state index contributed by atoms with van der Waals surface area (Å²) in [4.78, 5) is 18.2. The van der Waals surface area contributed by atoms with E-state index >= 15 is 0 Å². The van der Waals surface area contributed by atoms with E-state index in [9.17, 15) is 4.79 Å². The van der Waals surface area contributed by atoms with Gasteiger partial charge in [0.05, 0.1) is 16.1 Å². The van der Waals surface area contributed by atoms with Crippen molar-refractivity contribution in [1.29, 1.82) is 0 Å². The molecule has 39 heavy (non-hydrogen) atoms. The second-order valence-electron chi connectivity index (χ2n) is 9.04. The quantitative estimate of drug-likeness (QED) is 0.220. The van der Waals surface area contributed by atoms with Crippen molar-refractivity contribution < 1.29 is 9.21 Å². The Morgan fingerprint density at radius 3 is 2.18 bits per heavy atom. The first-order valence-corrected chi connectivity index (χ1v) is 12.9. The molecule has 188 valence electrons. The number of carbonyl (C=O) groups is 1. The van der Waals surface area contributed by atoms with Gasteiger partial charge in [-0.3, -0.25) is 4.79 Å². The number of aromatic nitrogens is 1. The van der Waals surface area contributed by atoms with Crippen LogP contribution in [0.3, 0.4) is 0 Å². The maximum atomic E-state index is 13.5. The third-order valence-corrected chi connectivity index (χ3v) is 6.72. The molecule has 6 rings (SSSR count). The first-order valence-electron chi connectivity index (χ1n) is 12.5. The van der Waals surface area contributed by atoms with E-state index in [0.717, 1.165) is 22.1 Å². The van der Waals surface area contributed by atoms with Gasteiger partial charge in [-0.25, -0.2) is 4.98 Å². The van der Waals surface area contributed by atoms with Crippen molar-refractivity contribution >= 4 is 46.3 Å². The van der Waals surface area contributed by atoms with E-state index in [0.29, 0.717) is 39.0 Å². The van der Waals surface area contributed by atoms with E-state index in [2.05, 4.69) is 23.5 Å². The Kier molecular flexibility index (Phi) is 6.77. The van der Waals surface area contributed by atoms with Crippen LogP contribution >= 0.6 is 11.6 Å². The van der Waals surface area contributed by atoms with Crippen LogP contribution in [-0.2, 0) is 0 Å². The smallest absolute Gasteiger partial charge is 0.256 e. The molecule has 4 nitrogen and oxygen atoms in total. The van der Waals surface area contributed by atoms with Crippen LogP contribution < -0.4 is 5.32 Å². The summed E-state index contributed by atoms with van der Waals surface area (Å²) >= 11 is 6.36. The third kappa shape index (κ3) is 5.37. The number of furan rings is 1. The largest absolute Gasteiger partial charge is 0.454 e. The van der Waals surface area contributed by atoms with E-state index in [-0.39, 0.29) is 5.91 Å². The molecule has 2 heterocycles. The number of anilines is 1. The van der Waals surface area contributed by atoms with Gasteiger partial charge in [0.1, 0.15) is 11.5 Å². The van der Waals surface area contributed by atoms with Crippen LogP contribution in [-0.4, -0.2) is 10.9 Å². The number of rotatable bonds is 6. The number of para-hydroxylation sites is 1. The van der Waals surface area contributed by atoms with Crippen LogP contribution in [0.15, 0.2) is 126 Å². The molecule has 1 N–H and O–H groups in total. The van der Waals surface area contributed by atoms with Gasteiger partial charge < -0.3 is 9.73 Å². The lowest BCUT2D eigenvalue weighted by Gasteiger charge is -2.10. The highest BCUT2D eigenvalue weighted by molar-refractivity contribution is 6.33. The topological polar surface area (TPSA) is 55.1 Å². The molecule has 6 aromatic rings. The van der Waals surface area contributed by atoms with E-state index in [1.54, 1.807) is 6.07 Å². The Hall–Kier alpha value is -4.93. The van der Waals surface area contributed by atoms with Gasteiger partial charge in [0, 0.05) is 16.6 Å². The van der Waals surface area contributed by atoms with Crippen LogP contribution in [0.2, 0.25) is 5.02 Å². The van der Waals surface area contributed by atoms with Crippen molar-refractivity contribution in [3.63, 3.8) is 0 Å². The van der Waals surface area contributed by atoms with Crippen molar-refractivity contribution in [2.45, 2.75) is 0 Å². The van der Waals surface area contributed by atoms with Crippen molar-refractivity contribution in [1.82, 2.24) is 4.98 Å². The molecule has 1 amide bonds. The fraction of sp³-hybridized carbons (Fsp3) is 0. The van der Waals surface area contributed by atoms with E-state index in [4.69, 9.17) is 21.0 Å². The minimum Gasteiger partial charge on any atom is -0.454 e. The maximum Gasteiger partial charge on any atom is 0.256 e. The predicted molar refractivity (Wildman–Crippen MR) is 160 cm³/mol. The molecule has 0 fully saturated rings. The number of halogens is 1. The Bertz CT molecular complexity index is 1810. The first-order chi connectivity index (χ1) is 19.1. The molecule has 4 aromatic carbocycles. The zero-order chi connectivity index (χ0) is 26.6. The number of pyridine rings is 1. The normalized spacial score (nSPS) is 11.2. The molecule has 0 atom stereocenters.